The first kappa shape index (κ1) is 17.0. The number of hydrogen-bond donors (Lipinski definition) is 0. The monoisotopic (exact) mass is 412 g/mol. The summed E-state index contributed by atoms with van der Waals surface area (Å²) in [7, 11) is 0. The van der Waals surface area contributed by atoms with Gasteiger partial charge in [-0.1, -0.05) is 29.8 Å². The molecular weight excluding hydrogens is 396 g/mol. The lowest BCUT2D eigenvalue weighted by Crippen LogP contribution is -2.49. The van der Waals surface area contributed by atoms with Crippen LogP contribution in [0, 0.1) is 0 Å². The van der Waals surface area contributed by atoms with Crippen LogP contribution in [0.2, 0.25) is 5.02 Å². The van der Waals surface area contributed by atoms with E-state index in [0.717, 1.165) is 46.1 Å². The van der Waals surface area contributed by atoms with E-state index in [1.807, 2.05) is 34.5 Å². The Morgan fingerprint density at radius 2 is 1.96 bits per heavy atom. The van der Waals surface area contributed by atoms with Crippen molar-refractivity contribution in [2.45, 2.75) is 13.0 Å². The minimum atomic E-state index is 0.122. The lowest BCUT2D eigenvalue weighted by molar-refractivity contribution is 0.0582. The molecule has 1 aliphatic rings. The lowest BCUT2D eigenvalue weighted by atomic mass is 10.1. The molecule has 1 saturated heterocycles. The quantitative estimate of drug-likeness (QED) is 0.729. The zero-order chi connectivity index (χ0) is 16.4. The normalized spacial score (nSPS) is 17.3. The Hall–Kier alpha value is -0.880. The number of rotatable bonds is 3. The van der Waals surface area contributed by atoms with E-state index in [1.54, 1.807) is 11.3 Å². The summed E-state index contributed by atoms with van der Waals surface area (Å²) in [4.78, 5) is 16.8. The number of amides is 1. The molecule has 2 heterocycles. The van der Waals surface area contributed by atoms with Gasteiger partial charge in [-0.3, -0.25) is 9.69 Å². The highest BCUT2D eigenvalue weighted by Crippen LogP contribution is 2.28. The third-order valence-electron chi connectivity index (χ3n) is 4.32. The molecule has 0 aliphatic carbocycles. The molecule has 1 amide bonds. The predicted molar refractivity (Wildman–Crippen MR) is 99.4 cm³/mol. The second-order valence-electron chi connectivity index (χ2n) is 5.67. The van der Waals surface area contributed by atoms with Crippen molar-refractivity contribution >= 4 is 44.8 Å². The van der Waals surface area contributed by atoms with Gasteiger partial charge >= 0.3 is 0 Å². The van der Waals surface area contributed by atoms with Crippen LogP contribution in [0.25, 0.3) is 0 Å². The largest absolute Gasteiger partial charge is 0.336 e. The number of carbonyl (C=O) groups is 1. The number of carbonyl (C=O) groups excluding carboxylic acids is 1. The van der Waals surface area contributed by atoms with Crippen LogP contribution >= 0.6 is 38.9 Å². The molecule has 0 bridgehead atoms. The molecule has 1 unspecified atom stereocenters. The van der Waals surface area contributed by atoms with Gasteiger partial charge in [-0.2, -0.15) is 0 Å². The van der Waals surface area contributed by atoms with Gasteiger partial charge < -0.3 is 4.90 Å². The Labute approximate surface area is 154 Å². The van der Waals surface area contributed by atoms with Gasteiger partial charge in [0.25, 0.3) is 5.91 Å². The van der Waals surface area contributed by atoms with Crippen LogP contribution in [-0.2, 0) is 0 Å². The van der Waals surface area contributed by atoms with E-state index in [0.29, 0.717) is 0 Å². The molecule has 0 saturated carbocycles. The van der Waals surface area contributed by atoms with Crippen LogP contribution in [0.3, 0.4) is 0 Å². The number of nitrogens with zero attached hydrogens (tertiary/aromatic N) is 2. The zero-order valence-electron chi connectivity index (χ0n) is 12.8. The van der Waals surface area contributed by atoms with E-state index in [9.17, 15) is 4.79 Å². The fourth-order valence-corrected chi connectivity index (χ4v) is 4.35. The van der Waals surface area contributed by atoms with Gasteiger partial charge in [-0.05, 0) is 40.5 Å². The third kappa shape index (κ3) is 3.79. The summed E-state index contributed by atoms with van der Waals surface area (Å²) in [6.45, 7) is 5.41. The van der Waals surface area contributed by atoms with E-state index in [4.69, 9.17) is 11.6 Å². The van der Waals surface area contributed by atoms with Crippen LogP contribution < -0.4 is 0 Å². The molecule has 1 aromatic carbocycles. The van der Waals surface area contributed by atoms with Gasteiger partial charge in [0.2, 0.25) is 0 Å². The Morgan fingerprint density at radius 1 is 1.26 bits per heavy atom. The first-order valence-electron chi connectivity index (χ1n) is 7.58. The number of benzene rings is 1. The van der Waals surface area contributed by atoms with Gasteiger partial charge in [0, 0.05) is 42.6 Å². The Bertz CT molecular complexity index is 697. The van der Waals surface area contributed by atoms with Crippen molar-refractivity contribution in [1.82, 2.24) is 9.80 Å². The molecule has 2 aromatic rings. The van der Waals surface area contributed by atoms with E-state index < -0.39 is 0 Å². The second kappa shape index (κ2) is 7.34. The summed E-state index contributed by atoms with van der Waals surface area (Å²) in [5.41, 5.74) is 1.92. The van der Waals surface area contributed by atoms with E-state index in [1.165, 1.54) is 0 Å². The molecule has 0 radical (unpaired) electrons. The Balaban J connectivity index is 1.62. The smallest absolute Gasteiger partial charge is 0.254 e. The predicted octanol–water partition coefficient (Wildman–Crippen LogP) is 4.68. The molecule has 3 rings (SSSR count). The van der Waals surface area contributed by atoms with Crippen molar-refractivity contribution in [1.29, 1.82) is 0 Å². The van der Waals surface area contributed by atoms with Gasteiger partial charge in [-0.15, -0.1) is 11.3 Å². The summed E-state index contributed by atoms with van der Waals surface area (Å²) >= 11 is 11.3. The second-order valence-corrected chi connectivity index (χ2v) is 8.36. The van der Waals surface area contributed by atoms with Crippen molar-refractivity contribution < 1.29 is 4.79 Å². The highest BCUT2D eigenvalue weighted by Gasteiger charge is 2.26. The minimum absolute atomic E-state index is 0.122. The van der Waals surface area contributed by atoms with Crippen LogP contribution in [0.5, 0.6) is 0 Å². The standard InChI is InChI=1S/C17H18BrClN2OS/c1-12(14-4-2-3-5-15(14)19)20-6-8-21(9-7-20)17(22)13-10-16(18)23-11-13/h2-5,10-12H,6-9H2,1H3. The van der Waals surface area contributed by atoms with Crippen molar-refractivity contribution in [3.63, 3.8) is 0 Å². The minimum Gasteiger partial charge on any atom is -0.336 e. The average Bonchev–Trinajstić information content (AvgIpc) is 3.01. The zero-order valence-corrected chi connectivity index (χ0v) is 16.0. The first-order valence-corrected chi connectivity index (χ1v) is 9.63. The summed E-state index contributed by atoms with van der Waals surface area (Å²) in [6, 6.07) is 10.1. The van der Waals surface area contributed by atoms with Gasteiger partial charge in [0.15, 0.2) is 0 Å². The fourth-order valence-electron chi connectivity index (χ4n) is 2.93. The van der Waals surface area contributed by atoms with Crippen molar-refractivity contribution in [2.75, 3.05) is 26.2 Å². The van der Waals surface area contributed by atoms with Gasteiger partial charge in [-0.25, -0.2) is 0 Å². The molecule has 0 N–H and O–H groups in total. The molecule has 122 valence electrons. The molecular formula is C17H18BrClN2OS. The summed E-state index contributed by atoms with van der Waals surface area (Å²) in [5.74, 6) is 0.122. The van der Waals surface area contributed by atoms with E-state index >= 15 is 0 Å². The Morgan fingerprint density at radius 3 is 2.57 bits per heavy atom. The van der Waals surface area contributed by atoms with Crippen molar-refractivity contribution in [3.05, 3.63) is 55.6 Å². The van der Waals surface area contributed by atoms with E-state index in [2.05, 4.69) is 33.8 Å². The van der Waals surface area contributed by atoms with Gasteiger partial charge in [0.1, 0.15) is 0 Å². The molecule has 1 atom stereocenters. The summed E-state index contributed by atoms with van der Waals surface area (Å²) < 4.78 is 0.992. The summed E-state index contributed by atoms with van der Waals surface area (Å²) in [6.07, 6.45) is 0. The maximum atomic E-state index is 12.5. The number of piperazine rings is 1. The van der Waals surface area contributed by atoms with Crippen LogP contribution in [0.1, 0.15) is 28.9 Å². The highest BCUT2D eigenvalue weighted by atomic mass is 79.9. The van der Waals surface area contributed by atoms with Gasteiger partial charge in [0.05, 0.1) is 9.35 Å². The molecule has 3 nitrogen and oxygen atoms in total. The van der Waals surface area contributed by atoms with Crippen LogP contribution in [-0.4, -0.2) is 41.9 Å². The molecule has 6 heteroatoms. The van der Waals surface area contributed by atoms with Crippen molar-refractivity contribution in [3.8, 4) is 0 Å². The topological polar surface area (TPSA) is 23.6 Å². The molecule has 1 aliphatic heterocycles. The van der Waals surface area contributed by atoms with E-state index in [-0.39, 0.29) is 11.9 Å². The first-order chi connectivity index (χ1) is 11.1. The molecule has 23 heavy (non-hydrogen) atoms. The number of halogens is 2. The Kier molecular flexibility index (Phi) is 5.42. The average molecular weight is 414 g/mol. The molecule has 0 spiro atoms. The van der Waals surface area contributed by atoms with Crippen LogP contribution in [0.15, 0.2) is 39.5 Å². The maximum absolute atomic E-state index is 12.5. The van der Waals surface area contributed by atoms with Crippen molar-refractivity contribution in [2.24, 2.45) is 0 Å². The molecule has 1 fully saturated rings. The third-order valence-corrected chi connectivity index (χ3v) is 6.17. The highest BCUT2D eigenvalue weighted by molar-refractivity contribution is 9.11. The molecule has 1 aromatic heterocycles. The number of hydrogen-bond acceptors (Lipinski definition) is 3. The van der Waals surface area contributed by atoms with Crippen LogP contribution in [0.4, 0.5) is 0 Å². The SMILES string of the molecule is CC(c1ccccc1Cl)N1CCN(C(=O)c2csc(Br)c2)CC1. The lowest BCUT2D eigenvalue weighted by Gasteiger charge is -2.38. The summed E-state index contributed by atoms with van der Waals surface area (Å²) in [5, 5.41) is 2.71. The fraction of sp³-hybridized carbons (Fsp3) is 0.353. The maximum Gasteiger partial charge on any atom is 0.254 e. The number of thiophene rings is 1.